The summed E-state index contributed by atoms with van der Waals surface area (Å²) in [5, 5.41) is 2.39. The molecule has 0 bridgehead atoms. The molecule has 0 aromatic carbocycles. The van der Waals surface area contributed by atoms with E-state index >= 15 is 0 Å². The molecular formula is C12H15N3O4. The summed E-state index contributed by atoms with van der Waals surface area (Å²) in [6.07, 6.45) is 5.61. The number of hydrogen-bond donors (Lipinski definition) is 0. The topological polar surface area (TPSA) is 71.4 Å². The quantitative estimate of drug-likeness (QED) is 0.662. The second kappa shape index (κ2) is 4.75. The van der Waals surface area contributed by atoms with Gasteiger partial charge in [0.25, 0.3) is 0 Å². The smallest absolute Gasteiger partial charge is 0.429 e. The van der Waals surface area contributed by atoms with Crippen molar-refractivity contribution in [2.24, 2.45) is 4.99 Å². The van der Waals surface area contributed by atoms with Gasteiger partial charge in [-0.2, -0.15) is 5.01 Å². The molecule has 0 aromatic heterocycles. The van der Waals surface area contributed by atoms with Crippen LogP contribution in [-0.4, -0.2) is 54.7 Å². The average Bonchev–Trinajstić information content (AvgIpc) is 2.43. The summed E-state index contributed by atoms with van der Waals surface area (Å²) >= 11 is 0. The van der Waals surface area contributed by atoms with Gasteiger partial charge in [-0.15, -0.1) is 0 Å². The minimum absolute atomic E-state index is 0.192. The first-order valence-corrected chi connectivity index (χ1v) is 5.70. The number of hydrazine groups is 1. The van der Waals surface area contributed by atoms with Gasteiger partial charge < -0.3 is 9.47 Å². The Labute approximate surface area is 110 Å². The van der Waals surface area contributed by atoms with Crippen molar-refractivity contribution in [3.8, 4) is 0 Å². The molecule has 2 amide bonds. The van der Waals surface area contributed by atoms with Crippen molar-refractivity contribution in [1.82, 2.24) is 10.0 Å². The van der Waals surface area contributed by atoms with Crippen molar-refractivity contribution >= 4 is 18.4 Å². The van der Waals surface area contributed by atoms with Crippen LogP contribution in [0.25, 0.3) is 0 Å². The Morgan fingerprint density at radius 1 is 1.32 bits per heavy atom. The molecule has 102 valence electrons. The number of rotatable bonds is 0. The molecular weight excluding hydrogens is 250 g/mol. The number of allylic oxidation sites excluding steroid dienone is 1. The summed E-state index contributed by atoms with van der Waals surface area (Å²) in [7, 11) is 2.52. The van der Waals surface area contributed by atoms with Gasteiger partial charge >= 0.3 is 12.2 Å². The lowest BCUT2D eigenvalue weighted by atomic mass is 9.92. The number of amides is 2. The molecule has 0 radical (unpaired) electrons. The van der Waals surface area contributed by atoms with Gasteiger partial charge in [0, 0.05) is 6.21 Å². The highest BCUT2D eigenvalue weighted by Gasteiger charge is 2.46. The van der Waals surface area contributed by atoms with Crippen LogP contribution >= 0.6 is 0 Å². The second-order valence-electron chi connectivity index (χ2n) is 4.21. The summed E-state index contributed by atoms with van der Waals surface area (Å²) in [6.45, 7) is 1.97. The zero-order valence-corrected chi connectivity index (χ0v) is 11.0. The molecule has 19 heavy (non-hydrogen) atoms. The molecule has 2 rings (SSSR count). The van der Waals surface area contributed by atoms with Crippen LogP contribution in [0.15, 0.2) is 28.9 Å². The van der Waals surface area contributed by atoms with Crippen LogP contribution in [0.1, 0.15) is 6.92 Å². The molecule has 7 heteroatoms. The Bertz CT molecular complexity index is 497. The van der Waals surface area contributed by atoms with E-state index in [4.69, 9.17) is 4.74 Å². The van der Waals surface area contributed by atoms with Crippen LogP contribution in [0.2, 0.25) is 0 Å². The van der Waals surface area contributed by atoms with Gasteiger partial charge in [0.1, 0.15) is 5.54 Å². The lowest BCUT2D eigenvalue weighted by Crippen LogP contribution is -2.62. The zero-order chi connectivity index (χ0) is 14.0. The predicted molar refractivity (Wildman–Crippen MR) is 67.5 cm³/mol. The summed E-state index contributed by atoms with van der Waals surface area (Å²) in [6, 6.07) is 0. The highest BCUT2D eigenvalue weighted by Crippen LogP contribution is 2.34. The fourth-order valence-electron chi connectivity index (χ4n) is 2.15. The molecule has 0 N–H and O–H groups in total. The van der Waals surface area contributed by atoms with E-state index in [1.165, 1.54) is 24.2 Å². The summed E-state index contributed by atoms with van der Waals surface area (Å²) in [4.78, 5) is 28.0. The Balaban J connectivity index is 2.48. The van der Waals surface area contributed by atoms with Gasteiger partial charge in [-0.05, 0) is 25.2 Å². The van der Waals surface area contributed by atoms with Crippen LogP contribution in [0, 0.1) is 0 Å². The van der Waals surface area contributed by atoms with Gasteiger partial charge in [0.15, 0.2) is 0 Å². The van der Waals surface area contributed by atoms with Gasteiger partial charge in [-0.1, -0.05) is 0 Å². The lowest BCUT2D eigenvalue weighted by molar-refractivity contribution is -0.0457. The molecule has 1 atom stereocenters. The van der Waals surface area contributed by atoms with E-state index in [1.807, 2.05) is 0 Å². The van der Waals surface area contributed by atoms with Crippen LogP contribution in [0.4, 0.5) is 9.59 Å². The average molecular weight is 265 g/mol. The first-order valence-electron chi connectivity index (χ1n) is 5.70. The summed E-state index contributed by atoms with van der Waals surface area (Å²) in [5.74, 6) is 0. The number of hydrogen-bond acceptors (Lipinski definition) is 5. The molecule has 7 nitrogen and oxygen atoms in total. The molecule has 2 aliphatic rings. The molecule has 0 spiro atoms. The number of fused-ring (bicyclic) bond motifs is 1. The minimum atomic E-state index is -0.867. The van der Waals surface area contributed by atoms with Crippen LogP contribution < -0.4 is 0 Å². The lowest BCUT2D eigenvalue weighted by Gasteiger charge is -2.46. The predicted octanol–water partition coefficient (Wildman–Crippen LogP) is 1.33. The number of carbonyl (C=O) groups excluding carboxylic acids is 2. The number of carbonyl (C=O) groups is 2. The molecule has 0 aromatic rings. The van der Waals surface area contributed by atoms with Crippen molar-refractivity contribution < 1.29 is 19.1 Å². The van der Waals surface area contributed by atoms with E-state index < -0.39 is 17.7 Å². The van der Waals surface area contributed by atoms with Crippen LogP contribution in [-0.2, 0) is 9.47 Å². The number of methoxy groups -OCH3 is 2. The third-order valence-corrected chi connectivity index (χ3v) is 3.11. The Morgan fingerprint density at radius 3 is 2.63 bits per heavy atom. The maximum atomic E-state index is 12.0. The monoisotopic (exact) mass is 265 g/mol. The first kappa shape index (κ1) is 13.1. The van der Waals surface area contributed by atoms with E-state index in [2.05, 4.69) is 9.73 Å². The van der Waals surface area contributed by atoms with Gasteiger partial charge in [0.05, 0.1) is 26.5 Å². The SMILES string of the molecule is COC(=O)N1CC=C2N=CC=CC2(C)N1C(=O)OC. The highest BCUT2D eigenvalue weighted by atomic mass is 16.6. The normalized spacial score (nSPS) is 24.7. The Kier molecular flexibility index (Phi) is 3.28. The number of ether oxygens (including phenoxy) is 2. The van der Waals surface area contributed by atoms with Crippen molar-refractivity contribution in [1.29, 1.82) is 0 Å². The van der Waals surface area contributed by atoms with E-state index in [0.717, 1.165) is 0 Å². The molecule has 0 aliphatic carbocycles. The molecule has 2 aliphatic heterocycles. The van der Waals surface area contributed by atoms with Gasteiger partial charge in [0.2, 0.25) is 0 Å². The largest absolute Gasteiger partial charge is 0.452 e. The highest BCUT2D eigenvalue weighted by molar-refractivity contribution is 5.80. The maximum absolute atomic E-state index is 12.0. The second-order valence-corrected chi connectivity index (χ2v) is 4.21. The third-order valence-electron chi connectivity index (χ3n) is 3.11. The zero-order valence-electron chi connectivity index (χ0n) is 11.0. The van der Waals surface area contributed by atoms with Crippen molar-refractivity contribution in [3.05, 3.63) is 23.9 Å². The first-order chi connectivity index (χ1) is 9.04. The van der Waals surface area contributed by atoms with E-state index in [9.17, 15) is 9.59 Å². The molecule has 0 saturated carbocycles. The summed E-state index contributed by atoms with van der Waals surface area (Å²) < 4.78 is 9.44. The minimum Gasteiger partial charge on any atom is -0.452 e. The maximum Gasteiger partial charge on any atom is 0.429 e. The number of aliphatic imine (C=N–C) groups is 1. The van der Waals surface area contributed by atoms with Gasteiger partial charge in [-0.3, -0.25) is 4.99 Å². The van der Waals surface area contributed by atoms with Crippen LogP contribution in [0.3, 0.4) is 0 Å². The van der Waals surface area contributed by atoms with Crippen LogP contribution in [0.5, 0.6) is 0 Å². The fourth-order valence-corrected chi connectivity index (χ4v) is 2.15. The fraction of sp³-hybridized carbons (Fsp3) is 0.417. The standard InChI is InChI=1S/C12H15N3O4/c1-12-6-4-7-13-9(12)5-8-14(10(16)18-2)15(12)11(17)19-3/h4-7H,8H2,1-3H3. The third kappa shape index (κ3) is 1.96. The Morgan fingerprint density at radius 2 is 2.00 bits per heavy atom. The molecule has 1 unspecified atom stereocenters. The van der Waals surface area contributed by atoms with Crippen molar-refractivity contribution in [2.75, 3.05) is 20.8 Å². The number of nitrogens with zero attached hydrogens (tertiary/aromatic N) is 3. The Hall–Kier alpha value is -2.31. The van der Waals surface area contributed by atoms with E-state index in [1.54, 1.807) is 31.4 Å². The van der Waals surface area contributed by atoms with Crippen molar-refractivity contribution in [3.63, 3.8) is 0 Å². The van der Waals surface area contributed by atoms with Gasteiger partial charge in [-0.25, -0.2) is 14.6 Å². The molecule has 0 fully saturated rings. The summed E-state index contributed by atoms with van der Waals surface area (Å²) in [5.41, 5.74) is -0.186. The van der Waals surface area contributed by atoms with E-state index in [-0.39, 0.29) is 6.54 Å². The van der Waals surface area contributed by atoms with Crippen molar-refractivity contribution in [2.45, 2.75) is 12.5 Å². The molecule has 0 saturated heterocycles. The van der Waals surface area contributed by atoms with E-state index in [0.29, 0.717) is 5.70 Å². The number of dihydropyridines is 1. The molecule has 2 heterocycles.